The number of nitrogens with zero attached hydrogens (tertiary/aromatic N) is 1. The van der Waals surface area contributed by atoms with Crippen LogP contribution in [-0.2, 0) is 16.9 Å². The van der Waals surface area contributed by atoms with Gasteiger partial charge in [-0.25, -0.2) is 0 Å². The van der Waals surface area contributed by atoms with E-state index in [1.807, 2.05) is 42.5 Å². The SMILES string of the molecule is C[C@H]1C[C@]2(C)N(Cc3ccccc3)C(=O)[C@H](c3ccccc3)[C@]2(c2ccccc2)N1. The highest BCUT2D eigenvalue weighted by molar-refractivity contribution is 5.91. The molecule has 1 amide bonds. The van der Waals surface area contributed by atoms with Crippen molar-refractivity contribution in [3.63, 3.8) is 0 Å². The van der Waals surface area contributed by atoms with Crippen LogP contribution in [0.5, 0.6) is 0 Å². The third-order valence-electron chi connectivity index (χ3n) is 7.11. The van der Waals surface area contributed by atoms with Crippen LogP contribution in [-0.4, -0.2) is 22.4 Å². The fraction of sp³-hybridized carbons (Fsp3) is 0.296. The van der Waals surface area contributed by atoms with E-state index in [1.54, 1.807) is 0 Å². The largest absolute Gasteiger partial charge is 0.330 e. The Labute approximate surface area is 178 Å². The Morgan fingerprint density at radius 3 is 2.10 bits per heavy atom. The second kappa shape index (κ2) is 7.10. The van der Waals surface area contributed by atoms with E-state index in [2.05, 4.69) is 72.6 Å². The topological polar surface area (TPSA) is 32.3 Å². The summed E-state index contributed by atoms with van der Waals surface area (Å²) < 4.78 is 0. The van der Waals surface area contributed by atoms with Gasteiger partial charge in [0.2, 0.25) is 5.91 Å². The van der Waals surface area contributed by atoms with E-state index in [-0.39, 0.29) is 17.4 Å². The summed E-state index contributed by atoms with van der Waals surface area (Å²) in [5.74, 6) is -0.0597. The van der Waals surface area contributed by atoms with Gasteiger partial charge < -0.3 is 10.2 Å². The molecule has 2 fully saturated rings. The Balaban J connectivity index is 1.72. The molecule has 2 aliphatic heterocycles. The van der Waals surface area contributed by atoms with Crippen molar-refractivity contribution in [2.45, 2.75) is 49.9 Å². The van der Waals surface area contributed by atoms with Gasteiger partial charge in [0.05, 0.1) is 17.0 Å². The lowest BCUT2D eigenvalue weighted by Crippen LogP contribution is -2.56. The fourth-order valence-corrected chi connectivity index (χ4v) is 5.97. The average Bonchev–Trinajstić information content (AvgIpc) is 3.14. The second-order valence-electron chi connectivity index (χ2n) is 8.95. The molecule has 2 aliphatic rings. The highest BCUT2D eigenvalue weighted by Gasteiger charge is 2.70. The standard InChI is InChI=1S/C27H28N2O/c1-20-18-26(2)27(28-20,23-16-10-5-11-17-23)24(22-14-8-4-9-15-22)25(30)29(26)19-21-12-6-3-7-13-21/h3-17,20,24,28H,18-19H2,1-2H3/t20-,24-,26-,27-/m0/s1. The number of fused-ring (bicyclic) bond motifs is 1. The van der Waals surface area contributed by atoms with Crippen LogP contribution in [0.15, 0.2) is 91.0 Å². The summed E-state index contributed by atoms with van der Waals surface area (Å²) in [6, 6.07) is 31.5. The van der Waals surface area contributed by atoms with Crippen LogP contribution >= 0.6 is 0 Å². The van der Waals surface area contributed by atoms with Crippen molar-refractivity contribution in [2.75, 3.05) is 0 Å². The maximum Gasteiger partial charge on any atom is 0.233 e. The van der Waals surface area contributed by atoms with Gasteiger partial charge in [-0.15, -0.1) is 0 Å². The molecule has 0 saturated carbocycles. The number of benzene rings is 3. The van der Waals surface area contributed by atoms with Crippen molar-refractivity contribution in [3.8, 4) is 0 Å². The Kier molecular flexibility index (Phi) is 4.52. The summed E-state index contributed by atoms with van der Waals surface area (Å²) in [7, 11) is 0. The number of rotatable bonds is 4. The van der Waals surface area contributed by atoms with Crippen molar-refractivity contribution in [1.29, 1.82) is 0 Å². The highest BCUT2D eigenvalue weighted by atomic mass is 16.2. The number of carbonyl (C=O) groups excluding carboxylic acids is 1. The van der Waals surface area contributed by atoms with Gasteiger partial charge >= 0.3 is 0 Å². The summed E-state index contributed by atoms with van der Waals surface area (Å²) in [6.07, 6.45) is 0.920. The minimum atomic E-state index is -0.471. The lowest BCUT2D eigenvalue weighted by Gasteiger charge is -2.44. The molecular weight excluding hydrogens is 368 g/mol. The molecule has 4 atom stereocenters. The molecule has 0 radical (unpaired) electrons. The summed E-state index contributed by atoms with van der Waals surface area (Å²) in [4.78, 5) is 16.2. The average molecular weight is 397 g/mol. The van der Waals surface area contributed by atoms with Gasteiger partial charge in [-0.2, -0.15) is 0 Å². The van der Waals surface area contributed by atoms with Crippen LogP contribution in [0.3, 0.4) is 0 Å². The first-order valence-corrected chi connectivity index (χ1v) is 10.8. The molecule has 3 aromatic carbocycles. The van der Waals surface area contributed by atoms with E-state index in [1.165, 1.54) is 11.1 Å². The first-order chi connectivity index (χ1) is 14.6. The van der Waals surface area contributed by atoms with E-state index >= 15 is 0 Å². The maximum atomic E-state index is 14.1. The van der Waals surface area contributed by atoms with Crippen LogP contribution in [0.2, 0.25) is 0 Å². The zero-order chi connectivity index (χ0) is 20.8. The van der Waals surface area contributed by atoms with Crippen LogP contribution in [0.4, 0.5) is 0 Å². The zero-order valence-corrected chi connectivity index (χ0v) is 17.6. The van der Waals surface area contributed by atoms with Crippen LogP contribution in [0.25, 0.3) is 0 Å². The number of nitrogens with one attached hydrogen (secondary N) is 1. The van der Waals surface area contributed by atoms with Crippen LogP contribution in [0, 0.1) is 0 Å². The van der Waals surface area contributed by atoms with Crippen molar-refractivity contribution in [3.05, 3.63) is 108 Å². The molecule has 30 heavy (non-hydrogen) atoms. The summed E-state index contributed by atoms with van der Waals surface area (Å²) in [5, 5.41) is 3.92. The lowest BCUT2D eigenvalue weighted by molar-refractivity contribution is -0.132. The molecule has 0 spiro atoms. The predicted octanol–water partition coefficient (Wildman–Crippen LogP) is 4.85. The molecule has 3 nitrogen and oxygen atoms in total. The van der Waals surface area contributed by atoms with E-state index in [0.717, 1.165) is 12.0 Å². The Morgan fingerprint density at radius 1 is 0.900 bits per heavy atom. The first kappa shape index (κ1) is 19.1. The van der Waals surface area contributed by atoms with E-state index in [0.29, 0.717) is 12.6 Å². The van der Waals surface area contributed by atoms with Gasteiger partial charge in [-0.05, 0) is 37.0 Å². The van der Waals surface area contributed by atoms with Gasteiger partial charge in [-0.1, -0.05) is 91.0 Å². The van der Waals surface area contributed by atoms with Crippen molar-refractivity contribution in [1.82, 2.24) is 10.2 Å². The quantitative estimate of drug-likeness (QED) is 0.684. The summed E-state index contributed by atoms with van der Waals surface area (Å²) in [5.41, 5.74) is 2.63. The summed E-state index contributed by atoms with van der Waals surface area (Å²) >= 11 is 0. The van der Waals surface area contributed by atoms with Gasteiger partial charge in [0.1, 0.15) is 0 Å². The molecule has 0 aromatic heterocycles. The van der Waals surface area contributed by atoms with Crippen molar-refractivity contribution < 1.29 is 4.79 Å². The Bertz CT molecular complexity index is 1040. The lowest BCUT2D eigenvalue weighted by atomic mass is 9.68. The Morgan fingerprint density at radius 2 is 1.47 bits per heavy atom. The van der Waals surface area contributed by atoms with Crippen molar-refractivity contribution >= 4 is 5.91 Å². The Hall–Kier alpha value is -2.91. The zero-order valence-electron chi connectivity index (χ0n) is 17.6. The minimum Gasteiger partial charge on any atom is -0.330 e. The minimum absolute atomic E-state index is 0.204. The molecule has 1 N–H and O–H groups in total. The molecule has 2 heterocycles. The first-order valence-electron chi connectivity index (χ1n) is 10.8. The number of likely N-dealkylation sites (tertiary alicyclic amines) is 1. The van der Waals surface area contributed by atoms with Crippen LogP contribution in [0.1, 0.15) is 42.9 Å². The fourth-order valence-electron chi connectivity index (χ4n) is 5.97. The molecule has 5 rings (SSSR count). The normalized spacial score (nSPS) is 30.5. The predicted molar refractivity (Wildman–Crippen MR) is 120 cm³/mol. The molecular formula is C27H28N2O. The monoisotopic (exact) mass is 396 g/mol. The summed E-state index contributed by atoms with van der Waals surface area (Å²) in [6.45, 7) is 5.14. The molecule has 152 valence electrons. The number of hydrogen-bond acceptors (Lipinski definition) is 2. The van der Waals surface area contributed by atoms with E-state index in [9.17, 15) is 4.79 Å². The van der Waals surface area contributed by atoms with Crippen LogP contribution < -0.4 is 5.32 Å². The molecule has 0 aliphatic carbocycles. The molecule has 3 aromatic rings. The smallest absolute Gasteiger partial charge is 0.233 e. The highest BCUT2D eigenvalue weighted by Crippen LogP contribution is 2.59. The second-order valence-corrected chi connectivity index (χ2v) is 8.95. The molecule has 0 unspecified atom stereocenters. The number of hydrogen-bond donors (Lipinski definition) is 1. The third-order valence-corrected chi connectivity index (χ3v) is 7.11. The van der Waals surface area contributed by atoms with Gasteiger partial charge in [-0.3, -0.25) is 4.79 Å². The van der Waals surface area contributed by atoms with E-state index < -0.39 is 5.54 Å². The molecule has 3 heteroatoms. The maximum absolute atomic E-state index is 14.1. The third kappa shape index (κ3) is 2.65. The van der Waals surface area contributed by atoms with Gasteiger partial charge in [0.25, 0.3) is 0 Å². The number of amides is 1. The molecule has 0 bridgehead atoms. The van der Waals surface area contributed by atoms with Crippen molar-refractivity contribution in [2.24, 2.45) is 0 Å². The van der Waals surface area contributed by atoms with Gasteiger partial charge in [0.15, 0.2) is 0 Å². The van der Waals surface area contributed by atoms with Gasteiger partial charge in [0, 0.05) is 12.6 Å². The number of carbonyl (C=O) groups is 1. The van der Waals surface area contributed by atoms with E-state index in [4.69, 9.17) is 0 Å². The molecule has 2 saturated heterocycles.